The van der Waals surface area contributed by atoms with Crippen molar-refractivity contribution in [3.63, 3.8) is 0 Å². The summed E-state index contributed by atoms with van der Waals surface area (Å²) in [6.45, 7) is 3.12. The van der Waals surface area contributed by atoms with Crippen molar-refractivity contribution >= 4 is 23.2 Å². The average Bonchev–Trinajstić information content (AvgIpc) is 2.88. The number of hydrogen-bond acceptors (Lipinski definition) is 2. The molecule has 2 aromatic rings. The van der Waals surface area contributed by atoms with E-state index < -0.39 is 0 Å². The van der Waals surface area contributed by atoms with Gasteiger partial charge in [-0.25, -0.2) is 0 Å². The second kappa shape index (κ2) is 7.83. The minimum Gasteiger partial charge on any atom is -0.310 e. The smallest absolute Gasteiger partial charge is 0.0640 e. The summed E-state index contributed by atoms with van der Waals surface area (Å²) in [5, 5.41) is 9.03. The fourth-order valence-corrected chi connectivity index (χ4v) is 2.83. The van der Waals surface area contributed by atoms with E-state index in [1.165, 1.54) is 5.56 Å². The maximum Gasteiger partial charge on any atom is 0.0640 e. The van der Waals surface area contributed by atoms with Crippen LogP contribution in [0.2, 0.25) is 10.0 Å². The van der Waals surface area contributed by atoms with Crippen LogP contribution in [0.3, 0.4) is 0 Å². The summed E-state index contributed by atoms with van der Waals surface area (Å²) in [6.07, 6.45) is 6.97. The second-order valence-corrected chi connectivity index (χ2v) is 6.00. The van der Waals surface area contributed by atoms with Crippen molar-refractivity contribution in [3.8, 4) is 0 Å². The molecule has 2 rings (SSSR count). The van der Waals surface area contributed by atoms with E-state index in [0.717, 1.165) is 31.4 Å². The summed E-state index contributed by atoms with van der Waals surface area (Å²) in [5.41, 5.74) is 2.31. The topological polar surface area (TPSA) is 29.9 Å². The van der Waals surface area contributed by atoms with Gasteiger partial charge < -0.3 is 5.32 Å². The summed E-state index contributed by atoms with van der Waals surface area (Å²) in [6, 6.07) is 6.03. The number of nitrogens with one attached hydrogen (secondary N) is 1. The molecule has 0 aliphatic heterocycles. The molecule has 0 fully saturated rings. The molecule has 1 aromatic heterocycles. The highest BCUT2D eigenvalue weighted by Crippen LogP contribution is 2.32. The van der Waals surface area contributed by atoms with Crippen LogP contribution in [-0.2, 0) is 13.5 Å². The van der Waals surface area contributed by atoms with Crippen LogP contribution in [-0.4, -0.2) is 16.3 Å². The first-order chi connectivity index (χ1) is 10.1. The highest BCUT2D eigenvalue weighted by Gasteiger charge is 2.16. The molecule has 3 nitrogen and oxygen atoms in total. The SMILES string of the molecule is CCCNC(CCc1cnn(C)c1)c1cccc(Cl)c1Cl. The summed E-state index contributed by atoms with van der Waals surface area (Å²) in [7, 11) is 1.93. The third-order valence-electron chi connectivity index (χ3n) is 3.48. The maximum atomic E-state index is 6.36. The number of halogens is 2. The van der Waals surface area contributed by atoms with Crippen molar-refractivity contribution in [2.45, 2.75) is 32.2 Å². The van der Waals surface area contributed by atoms with Crippen LogP contribution in [0.5, 0.6) is 0 Å². The fourth-order valence-electron chi connectivity index (χ4n) is 2.39. The van der Waals surface area contributed by atoms with Gasteiger partial charge >= 0.3 is 0 Å². The third-order valence-corrected chi connectivity index (χ3v) is 4.31. The molecule has 1 aromatic carbocycles. The lowest BCUT2D eigenvalue weighted by atomic mass is 10.00. The molecule has 1 unspecified atom stereocenters. The van der Waals surface area contributed by atoms with E-state index in [0.29, 0.717) is 10.0 Å². The molecule has 0 saturated carbocycles. The molecule has 0 amide bonds. The number of benzene rings is 1. The highest BCUT2D eigenvalue weighted by atomic mass is 35.5. The Labute approximate surface area is 136 Å². The fraction of sp³-hybridized carbons (Fsp3) is 0.438. The predicted molar refractivity (Wildman–Crippen MR) is 89.0 cm³/mol. The number of hydrogen-bond donors (Lipinski definition) is 1. The summed E-state index contributed by atoms with van der Waals surface area (Å²) >= 11 is 12.5. The Morgan fingerprint density at radius 1 is 1.33 bits per heavy atom. The van der Waals surface area contributed by atoms with Crippen molar-refractivity contribution in [1.29, 1.82) is 0 Å². The van der Waals surface area contributed by atoms with Gasteiger partial charge in [-0.05, 0) is 43.0 Å². The van der Waals surface area contributed by atoms with Crippen molar-refractivity contribution < 1.29 is 0 Å². The van der Waals surface area contributed by atoms with Gasteiger partial charge in [0, 0.05) is 19.3 Å². The zero-order chi connectivity index (χ0) is 15.2. The Bertz CT molecular complexity index is 581. The molecule has 0 aliphatic carbocycles. The number of rotatable bonds is 7. The molecule has 0 radical (unpaired) electrons. The van der Waals surface area contributed by atoms with Gasteiger partial charge in [0.1, 0.15) is 0 Å². The second-order valence-electron chi connectivity index (χ2n) is 5.21. The third kappa shape index (κ3) is 4.47. The van der Waals surface area contributed by atoms with Gasteiger partial charge in [0.2, 0.25) is 0 Å². The molecule has 0 spiro atoms. The van der Waals surface area contributed by atoms with E-state index in [2.05, 4.69) is 23.5 Å². The lowest BCUT2D eigenvalue weighted by Gasteiger charge is -2.20. The standard InChI is InChI=1S/C16H21Cl2N3/c1-3-9-19-15(8-7-12-10-20-21(2)11-12)13-5-4-6-14(17)16(13)18/h4-6,10-11,15,19H,3,7-9H2,1-2H3. The normalized spacial score (nSPS) is 12.6. The van der Waals surface area contributed by atoms with Crippen LogP contribution >= 0.6 is 23.2 Å². The quantitative estimate of drug-likeness (QED) is 0.817. The van der Waals surface area contributed by atoms with E-state index in [4.69, 9.17) is 23.2 Å². The van der Waals surface area contributed by atoms with E-state index >= 15 is 0 Å². The molecule has 0 saturated heterocycles. The van der Waals surface area contributed by atoms with Gasteiger partial charge in [-0.2, -0.15) is 5.10 Å². The molecule has 0 aliphatic rings. The minimum atomic E-state index is 0.205. The largest absolute Gasteiger partial charge is 0.310 e. The van der Waals surface area contributed by atoms with Crippen molar-refractivity contribution in [2.24, 2.45) is 7.05 Å². The van der Waals surface area contributed by atoms with Gasteiger partial charge in [0.15, 0.2) is 0 Å². The molecule has 114 valence electrons. The molecule has 5 heteroatoms. The van der Waals surface area contributed by atoms with Crippen LogP contribution in [0, 0.1) is 0 Å². The number of nitrogens with zero attached hydrogens (tertiary/aromatic N) is 2. The molecule has 0 bridgehead atoms. The van der Waals surface area contributed by atoms with Gasteiger partial charge in [-0.15, -0.1) is 0 Å². The highest BCUT2D eigenvalue weighted by molar-refractivity contribution is 6.42. The summed E-state index contributed by atoms with van der Waals surface area (Å²) in [4.78, 5) is 0. The zero-order valence-electron chi connectivity index (χ0n) is 12.4. The van der Waals surface area contributed by atoms with Gasteiger partial charge in [0.05, 0.1) is 16.2 Å². The lowest BCUT2D eigenvalue weighted by molar-refractivity contribution is 0.499. The Kier molecular flexibility index (Phi) is 6.09. The maximum absolute atomic E-state index is 6.36. The van der Waals surface area contributed by atoms with Crippen molar-refractivity contribution in [3.05, 3.63) is 51.8 Å². The van der Waals surface area contributed by atoms with E-state index in [1.807, 2.05) is 36.1 Å². The lowest BCUT2D eigenvalue weighted by Crippen LogP contribution is -2.23. The van der Waals surface area contributed by atoms with Gasteiger partial charge in [-0.1, -0.05) is 42.3 Å². The number of aromatic nitrogens is 2. The van der Waals surface area contributed by atoms with Crippen molar-refractivity contribution in [2.75, 3.05) is 6.54 Å². The Morgan fingerprint density at radius 3 is 2.81 bits per heavy atom. The first-order valence-corrected chi connectivity index (χ1v) is 8.02. The average molecular weight is 326 g/mol. The molecule has 1 atom stereocenters. The van der Waals surface area contributed by atoms with Crippen molar-refractivity contribution in [1.82, 2.24) is 15.1 Å². The molecule has 1 N–H and O–H groups in total. The number of aryl methyl sites for hydroxylation is 2. The van der Waals surface area contributed by atoms with Crippen LogP contribution in [0.15, 0.2) is 30.6 Å². The minimum absolute atomic E-state index is 0.205. The summed E-state index contributed by atoms with van der Waals surface area (Å²) < 4.78 is 1.83. The van der Waals surface area contributed by atoms with Gasteiger partial charge in [0.25, 0.3) is 0 Å². The summed E-state index contributed by atoms with van der Waals surface area (Å²) in [5.74, 6) is 0. The van der Waals surface area contributed by atoms with E-state index in [-0.39, 0.29) is 6.04 Å². The van der Waals surface area contributed by atoms with E-state index in [1.54, 1.807) is 0 Å². The zero-order valence-corrected chi connectivity index (χ0v) is 14.0. The molecule has 21 heavy (non-hydrogen) atoms. The Balaban J connectivity index is 2.11. The first kappa shape index (κ1) is 16.3. The predicted octanol–water partition coefficient (Wildman–Crippen LogP) is 4.40. The monoisotopic (exact) mass is 325 g/mol. The van der Waals surface area contributed by atoms with Gasteiger partial charge in [-0.3, -0.25) is 4.68 Å². The Hall–Kier alpha value is -1.03. The first-order valence-electron chi connectivity index (χ1n) is 7.26. The van der Waals surface area contributed by atoms with Crippen LogP contribution in [0.25, 0.3) is 0 Å². The van der Waals surface area contributed by atoms with Crippen LogP contribution in [0.4, 0.5) is 0 Å². The van der Waals surface area contributed by atoms with E-state index in [9.17, 15) is 0 Å². The Morgan fingerprint density at radius 2 is 2.14 bits per heavy atom. The molecular formula is C16H21Cl2N3. The molecule has 1 heterocycles. The molecular weight excluding hydrogens is 305 g/mol. The van der Waals surface area contributed by atoms with Crippen LogP contribution < -0.4 is 5.32 Å². The van der Waals surface area contributed by atoms with Crippen LogP contribution in [0.1, 0.15) is 36.9 Å².